The summed E-state index contributed by atoms with van der Waals surface area (Å²) in [4.78, 5) is 14.6. The number of hydrogen-bond acceptors (Lipinski definition) is 5. The Morgan fingerprint density at radius 2 is 1.60 bits per heavy atom. The topological polar surface area (TPSA) is 79.0 Å². The zero-order valence-electron chi connectivity index (χ0n) is 17.7. The molecule has 8 heteroatoms. The monoisotopic (exact) mass is 431 g/mol. The third-order valence-corrected chi connectivity index (χ3v) is 7.17. The van der Waals surface area contributed by atoms with Crippen LogP contribution in [0.3, 0.4) is 0 Å². The first-order valence-electron chi connectivity index (χ1n) is 10.1. The molecule has 0 radical (unpaired) electrons. The fourth-order valence-corrected chi connectivity index (χ4v) is 4.80. The fourth-order valence-electron chi connectivity index (χ4n) is 3.38. The van der Waals surface area contributed by atoms with Crippen LogP contribution < -0.4 is 10.1 Å². The number of anilines is 1. The molecule has 0 bridgehead atoms. The van der Waals surface area contributed by atoms with Gasteiger partial charge in [0.15, 0.2) is 0 Å². The van der Waals surface area contributed by atoms with E-state index < -0.39 is 10.0 Å². The van der Waals surface area contributed by atoms with Crippen molar-refractivity contribution in [3.8, 4) is 5.75 Å². The summed E-state index contributed by atoms with van der Waals surface area (Å²) in [6.45, 7) is 6.21. The van der Waals surface area contributed by atoms with E-state index in [0.29, 0.717) is 37.8 Å². The number of carbonyl (C=O) groups excluding carboxylic acids is 1. The van der Waals surface area contributed by atoms with Crippen LogP contribution in [0.4, 0.5) is 5.69 Å². The Hall–Kier alpha value is -2.42. The minimum Gasteiger partial charge on any atom is -0.497 e. The van der Waals surface area contributed by atoms with E-state index in [1.54, 1.807) is 31.4 Å². The first-order chi connectivity index (χ1) is 14.3. The second-order valence-corrected chi connectivity index (χ2v) is 9.62. The van der Waals surface area contributed by atoms with Crippen molar-refractivity contribution in [1.82, 2.24) is 9.21 Å². The summed E-state index contributed by atoms with van der Waals surface area (Å²) in [5, 5.41) is 2.91. The van der Waals surface area contributed by atoms with E-state index in [-0.39, 0.29) is 17.3 Å². The van der Waals surface area contributed by atoms with Crippen molar-refractivity contribution in [2.24, 2.45) is 0 Å². The Morgan fingerprint density at radius 1 is 1.00 bits per heavy atom. The quantitative estimate of drug-likeness (QED) is 0.729. The van der Waals surface area contributed by atoms with Gasteiger partial charge in [0.1, 0.15) is 5.75 Å². The number of methoxy groups -OCH3 is 1. The molecule has 0 unspecified atom stereocenters. The van der Waals surface area contributed by atoms with Gasteiger partial charge in [-0.2, -0.15) is 4.31 Å². The Balaban J connectivity index is 1.51. The van der Waals surface area contributed by atoms with Crippen LogP contribution >= 0.6 is 0 Å². The predicted molar refractivity (Wildman–Crippen MR) is 117 cm³/mol. The highest BCUT2D eigenvalue weighted by molar-refractivity contribution is 7.89. The van der Waals surface area contributed by atoms with Crippen molar-refractivity contribution in [3.63, 3.8) is 0 Å². The number of benzene rings is 2. The fraction of sp³-hybridized carbons (Fsp3) is 0.409. The summed E-state index contributed by atoms with van der Waals surface area (Å²) in [5.41, 5.74) is 1.99. The highest BCUT2D eigenvalue weighted by Gasteiger charge is 2.29. The number of ether oxygens (including phenoxy) is 1. The number of sulfonamides is 1. The van der Waals surface area contributed by atoms with Crippen molar-refractivity contribution in [2.45, 2.75) is 24.7 Å². The van der Waals surface area contributed by atoms with Crippen LogP contribution in [0.1, 0.15) is 25.3 Å². The van der Waals surface area contributed by atoms with Crippen LogP contribution in [-0.4, -0.2) is 63.4 Å². The van der Waals surface area contributed by atoms with Crippen LogP contribution in [0.5, 0.6) is 5.75 Å². The molecule has 0 saturated carbocycles. The normalized spacial score (nSPS) is 15.9. The first-order valence-corrected chi connectivity index (χ1v) is 11.5. The van der Waals surface area contributed by atoms with E-state index >= 15 is 0 Å². The molecule has 2 aromatic rings. The van der Waals surface area contributed by atoms with Crippen LogP contribution in [0.2, 0.25) is 0 Å². The minimum atomic E-state index is -3.55. The number of carbonyl (C=O) groups is 1. The molecular formula is C22H29N3O4S. The highest BCUT2D eigenvalue weighted by atomic mass is 32.2. The molecule has 0 aliphatic carbocycles. The molecule has 30 heavy (non-hydrogen) atoms. The predicted octanol–water partition coefficient (Wildman–Crippen LogP) is 2.76. The average molecular weight is 432 g/mol. The molecule has 0 atom stereocenters. The van der Waals surface area contributed by atoms with Gasteiger partial charge in [0.25, 0.3) is 0 Å². The van der Waals surface area contributed by atoms with Gasteiger partial charge in [0.2, 0.25) is 15.9 Å². The van der Waals surface area contributed by atoms with Crippen molar-refractivity contribution in [1.29, 1.82) is 0 Å². The molecule has 1 heterocycles. The van der Waals surface area contributed by atoms with E-state index in [4.69, 9.17) is 4.74 Å². The van der Waals surface area contributed by atoms with E-state index in [9.17, 15) is 13.2 Å². The maximum atomic E-state index is 12.8. The van der Waals surface area contributed by atoms with Gasteiger partial charge in [0, 0.05) is 31.9 Å². The molecule has 0 aromatic heterocycles. The Bertz CT molecular complexity index is 949. The standard InChI is InChI=1S/C22H29N3O4S/c1-17(2)18-4-6-19(7-5-18)23-22(26)16-24-12-14-25(15-13-24)30(27,28)21-10-8-20(29-3)9-11-21/h4-11,17H,12-16H2,1-3H3,(H,23,26). The Kier molecular flexibility index (Phi) is 7.12. The maximum absolute atomic E-state index is 12.8. The summed E-state index contributed by atoms with van der Waals surface area (Å²) >= 11 is 0. The second-order valence-electron chi connectivity index (χ2n) is 7.68. The molecule has 2 aromatic carbocycles. The van der Waals surface area contributed by atoms with Crippen LogP contribution in [0.15, 0.2) is 53.4 Å². The number of hydrogen-bond donors (Lipinski definition) is 1. The van der Waals surface area contributed by atoms with Crippen molar-refractivity contribution in [3.05, 3.63) is 54.1 Å². The third-order valence-electron chi connectivity index (χ3n) is 5.26. The van der Waals surface area contributed by atoms with Crippen molar-refractivity contribution in [2.75, 3.05) is 45.2 Å². The lowest BCUT2D eigenvalue weighted by Gasteiger charge is -2.33. The number of amides is 1. The third kappa shape index (κ3) is 5.38. The van der Waals surface area contributed by atoms with Crippen molar-refractivity contribution >= 4 is 21.6 Å². The Labute approximate surface area is 178 Å². The van der Waals surface area contributed by atoms with Crippen molar-refractivity contribution < 1.29 is 17.9 Å². The van der Waals surface area contributed by atoms with Gasteiger partial charge >= 0.3 is 0 Å². The van der Waals surface area contributed by atoms with Crippen LogP contribution in [0.25, 0.3) is 0 Å². The molecule has 3 rings (SSSR count). The largest absolute Gasteiger partial charge is 0.497 e. The number of piperazine rings is 1. The molecule has 1 amide bonds. The van der Waals surface area contributed by atoms with E-state index in [1.807, 2.05) is 29.2 Å². The molecule has 162 valence electrons. The van der Waals surface area contributed by atoms with Gasteiger partial charge in [-0.25, -0.2) is 8.42 Å². The maximum Gasteiger partial charge on any atom is 0.243 e. The molecule has 1 aliphatic rings. The zero-order valence-corrected chi connectivity index (χ0v) is 18.5. The summed E-state index contributed by atoms with van der Waals surface area (Å²) < 4.78 is 32.2. The van der Waals surface area contributed by atoms with Gasteiger partial charge in [-0.1, -0.05) is 26.0 Å². The lowest BCUT2D eigenvalue weighted by molar-refractivity contribution is -0.117. The summed E-state index contributed by atoms with van der Waals surface area (Å²) in [5.74, 6) is 0.961. The van der Waals surface area contributed by atoms with Gasteiger partial charge in [-0.05, 0) is 47.9 Å². The lowest BCUT2D eigenvalue weighted by Crippen LogP contribution is -2.50. The SMILES string of the molecule is COc1ccc(S(=O)(=O)N2CCN(CC(=O)Nc3ccc(C(C)C)cc3)CC2)cc1. The Morgan fingerprint density at radius 3 is 2.13 bits per heavy atom. The number of rotatable bonds is 7. The lowest BCUT2D eigenvalue weighted by atomic mass is 10.0. The summed E-state index contributed by atoms with van der Waals surface area (Å²) in [6, 6.07) is 14.2. The van der Waals surface area contributed by atoms with Gasteiger partial charge in [0.05, 0.1) is 18.6 Å². The molecular weight excluding hydrogens is 402 g/mol. The zero-order chi connectivity index (χ0) is 21.7. The smallest absolute Gasteiger partial charge is 0.243 e. The van der Waals surface area contributed by atoms with Gasteiger partial charge < -0.3 is 10.1 Å². The first kappa shape index (κ1) is 22.3. The van der Waals surface area contributed by atoms with Gasteiger partial charge in [-0.3, -0.25) is 9.69 Å². The minimum absolute atomic E-state index is 0.0984. The molecule has 7 nitrogen and oxygen atoms in total. The molecule has 1 saturated heterocycles. The second kappa shape index (κ2) is 9.59. The van der Waals surface area contributed by atoms with E-state index in [2.05, 4.69) is 19.2 Å². The highest BCUT2D eigenvalue weighted by Crippen LogP contribution is 2.21. The molecule has 1 N–H and O–H groups in total. The van der Waals surface area contributed by atoms with E-state index in [1.165, 1.54) is 9.87 Å². The average Bonchev–Trinajstić information content (AvgIpc) is 2.74. The summed E-state index contributed by atoms with van der Waals surface area (Å²) in [7, 11) is -2.01. The van der Waals surface area contributed by atoms with Crippen LogP contribution in [0, 0.1) is 0 Å². The van der Waals surface area contributed by atoms with E-state index in [0.717, 1.165) is 5.69 Å². The molecule has 1 fully saturated rings. The summed E-state index contributed by atoms with van der Waals surface area (Å²) in [6.07, 6.45) is 0. The molecule has 0 spiro atoms. The number of nitrogens with one attached hydrogen (secondary N) is 1. The van der Waals surface area contributed by atoms with Crippen LogP contribution in [-0.2, 0) is 14.8 Å². The van der Waals surface area contributed by atoms with Gasteiger partial charge in [-0.15, -0.1) is 0 Å². The molecule has 1 aliphatic heterocycles. The number of nitrogens with zero attached hydrogens (tertiary/aromatic N) is 2.